The minimum absolute atomic E-state index is 0.203. The van der Waals surface area contributed by atoms with E-state index in [2.05, 4.69) is 15.7 Å². The fourth-order valence-corrected chi connectivity index (χ4v) is 3.15. The predicted molar refractivity (Wildman–Crippen MR) is 72.2 cm³/mol. The third-order valence-electron chi connectivity index (χ3n) is 3.26. The Morgan fingerprint density at radius 3 is 2.89 bits per heavy atom. The van der Waals surface area contributed by atoms with E-state index in [1.54, 1.807) is 23.5 Å². The molecule has 1 fully saturated rings. The molecule has 2 aromatic rings. The van der Waals surface area contributed by atoms with Gasteiger partial charge in [-0.1, -0.05) is 0 Å². The van der Waals surface area contributed by atoms with E-state index in [0.717, 1.165) is 29.2 Å². The second kappa shape index (κ2) is 5.16. The first kappa shape index (κ1) is 11.8. The first-order valence-electron chi connectivity index (χ1n) is 6.25. The summed E-state index contributed by atoms with van der Waals surface area (Å²) < 4.78 is 12.9. The summed E-state index contributed by atoms with van der Waals surface area (Å²) >= 11 is 1.63. The molecule has 1 aliphatic rings. The fraction of sp³-hybridized carbons (Fsp3) is 0.357. The summed E-state index contributed by atoms with van der Waals surface area (Å²) in [4.78, 5) is 4.63. The largest absolute Gasteiger partial charge is 0.314 e. The van der Waals surface area contributed by atoms with Gasteiger partial charge in [-0.3, -0.25) is 0 Å². The van der Waals surface area contributed by atoms with Crippen LogP contribution in [0.2, 0.25) is 0 Å². The van der Waals surface area contributed by atoms with Crippen LogP contribution in [0.5, 0.6) is 0 Å². The average molecular weight is 262 g/mol. The van der Waals surface area contributed by atoms with Crippen LogP contribution < -0.4 is 5.32 Å². The topological polar surface area (TPSA) is 24.9 Å². The van der Waals surface area contributed by atoms with Gasteiger partial charge in [0, 0.05) is 23.4 Å². The summed E-state index contributed by atoms with van der Waals surface area (Å²) in [6.07, 6.45) is 3.50. The van der Waals surface area contributed by atoms with Crippen LogP contribution in [0.1, 0.15) is 18.5 Å². The zero-order valence-electron chi connectivity index (χ0n) is 10.0. The van der Waals surface area contributed by atoms with Gasteiger partial charge in [0.2, 0.25) is 0 Å². The number of nitrogens with one attached hydrogen (secondary N) is 1. The number of nitrogens with zero attached hydrogens (tertiary/aromatic N) is 1. The number of halogens is 1. The van der Waals surface area contributed by atoms with Crippen LogP contribution in [0.15, 0.2) is 29.6 Å². The Labute approximate surface area is 110 Å². The first-order chi connectivity index (χ1) is 8.81. The lowest BCUT2D eigenvalue weighted by atomic mass is 10.1. The maximum absolute atomic E-state index is 12.9. The van der Waals surface area contributed by atoms with Crippen LogP contribution in [0.25, 0.3) is 10.6 Å². The Morgan fingerprint density at radius 2 is 2.17 bits per heavy atom. The molecule has 1 N–H and O–H groups in total. The number of thiazole rings is 1. The summed E-state index contributed by atoms with van der Waals surface area (Å²) in [5.41, 5.74) is 2.13. The first-order valence-corrected chi connectivity index (χ1v) is 7.13. The highest BCUT2D eigenvalue weighted by Gasteiger charge is 2.16. The lowest BCUT2D eigenvalue weighted by Gasteiger charge is -2.06. The Morgan fingerprint density at radius 1 is 1.33 bits per heavy atom. The van der Waals surface area contributed by atoms with Gasteiger partial charge in [0.05, 0.1) is 5.69 Å². The van der Waals surface area contributed by atoms with Crippen molar-refractivity contribution in [3.05, 3.63) is 41.2 Å². The monoisotopic (exact) mass is 262 g/mol. The Hall–Kier alpha value is -1.26. The molecule has 4 heteroatoms. The van der Waals surface area contributed by atoms with Crippen molar-refractivity contribution in [2.24, 2.45) is 0 Å². The van der Waals surface area contributed by atoms with Gasteiger partial charge in [0.1, 0.15) is 10.8 Å². The fourth-order valence-electron chi connectivity index (χ4n) is 2.31. The number of hydrogen-bond donors (Lipinski definition) is 1. The van der Waals surface area contributed by atoms with E-state index in [4.69, 9.17) is 0 Å². The van der Waals surface area contributed by atoms with Gasteiger partial charge in [-0.05, 0) is 43.7 Å². The molecule has 0 radical (unpaired) electrons. The summed E-state index contributed by atoms with van der Waals surface area (Å²) in [7, 11) is 0. The van der Waals surface area contributed by atoms with Gasteiger partial charge < -0.3 is 5.32 Å². The molecule has 1 aromatic carbocycles. The van der Waals surface area contributed by atoms with Crippen LogP contribution in [0.4, 0.5) is 4.39 Å². The van der Waals surface area contributed by atoms with Gasteiger partial charge in [-0.2, -0.15) is 0 Å². The summed E-state index contributed by atoms with van der Waals surface area (Å²) in [5, 5.41) is 6.56. The van der Waals surface area contributed by atoms with Crippen molar-refractivity contribution in [3.63, 3.8) is 0 Å². The van der Waals surface area contributed by atoms with E-state index in [9.17, 15) is 4.39 Å². The minimum atomic E-state index is -0.203. The molecule has 18 heavy (non-hydrogen) atoms. The second-order valence-electron chi connectivity index (χ2n) is 4.65. The van der Waals surface area contributed by atoms with Crippen LogP contribution in [0, 0.1) is 5.82 Å². The van der Waals surface area contributed by atoms with Gasteiger partial charge in [0.15, 0.2) is 0 Å². The Balaban J connectivity index is 1.74. The summed E-state index contributed by atoms with van der Waals surface area (Å²) in [5.74, 6) is -0.203. The molecule has 2 nitrogen and oxygen atoms in total. The van der Waals surface area contributed by atoms with Crippen molar-refractivity contribution in [2.75, 3.05) is 6.54 Å². The highest BCUT2D eigenvalue weighted by atomic mass is 32.1. The Bertz CT molecular complexity index is 515. The van der Waals surface area contributed by atoms with E-state index in [1.165, 1.54) is 25.0 Å². The normalized spacial score (nSPS) is 19.3. The zero-order chi connectivity index (χ0) is 12.4. The quantitative estimate of drug-likeness (QED) is 0.918. The van der Waals surface area contributed by atoms with Crippen molar-refractivity contribution in [2.45, 2.75) is 25.3 Å². The van der Waals surface area contributed by atoms with Crippen LogP contribution in [-0.4, -0.2) is 17.6 Å². The van der Waals surface area contributed by atoms with Crippen molar-refractivity contribution in [1.82, 2.24) is 10.3 Å². The molecule has 0 spiro atoms. The molecule has 1 saturated heterocycles. The lowest BCUT2D eigenvalue weighted by molar-refractivity contribution is 0.597. The van der Waals surface area contributed by atoms with Crippen LogP contribution in [0.3, 0.4) is 0 Å². The molecule has 3 rings (SSSR count). The van der Waals surface area contributed by atoms with Crippen molar-refractivity contribution in [1.29, 1.82) is 0 Å². The molecule has 0 saturated carbocycles. The van der Waals surface area contributed by atoms with E-state index >= 15 is 0 Å². The third-order valence-corrected chi connectivity index (χ3v) is 4.20. The van der Waals surface area contributed by atoms with Crippen molar-refractivity contribution >= 4 is 11.3 Å². The van der Waals surface area contributed by atoms with Gasteiger partial charge in [-0.25, -0.2) is 9.37 Å². The number of aromatic nitrogens is 1. The van der Waals surface area contributed by atoms with Gasteiger partial charge in [-0.15, -0.1) is 11.3 Å². The molecule has 0 bridgehead atoms. The summed E-state index contributed by atoms with van der Waals surface area (Å²) in [6.45, 7) is 1.12. The van der Waals surface area contributed by atoms with E-state index in [1.807, 2.05) is 0 Å². The highest BCUT2D eigenvalue weighted by Crippen LogP contribution is 2.25. The summed E-state index contributed by atoms with van der Waals surface area (Å²) in [6, 6.07) is 7.11. The van der Waals surface area contributed by atoms with Crippen LogP contribution >= 0.6 is 11.3 Å². The van der Waals surface area contributed by atoms with E-state index in [0.29, 0.717) is 6.04 Å². The van der Waals surface area contributed by atoms with E-state index in [-0.39, 0.29) is 5.82 Å². The molecule has 1 unspecified atom stereocenters. The molecule has 2 heterocycles. The standard InChI is InChI=1S/C14H15FN2S/c15-11-5-3-10(4-6-11)14-17-13(9-18-14)8-12-2-1-7-16-12/h3-6,9,12,16H,1-2,7-8H2. The number of hydrogen-bond acceptors (Lipinski definition) is 3. The molecule has 1 aromatic heterocycles. The van der Waals surface area contributed by atoms with Crippen molar-refractivity contribution in [3.8, 4) is 10.6 Å². The molecule has 0 amide bonds. The van der Waals surface area contributed by atoms with Gasteiger partial charge >= 0.3 is 0 Å². The predicted octanol–water partition coefficient (Wildman–Crippen LogP) is 3.24. The lowest BCUT2D eigenvalue weighted by Crippen LogP contribution is -2.23. The Kier molecular flexibility index (Phi) is 3.39. The molecule has 1 aliphatic heterocycles. The van der Waals surface area contributed by atoms with Crippen molar-refractivity contribution < 1.29 is 4.39 Å². The van der Waals surface area contributed by atoms with Crippen LogP contribution in [-0.2, 0) is 6.42 Å². The number of benzene rings is 1. The number of rotatable bonds is 3. The molecular formula is C14H15FN2S. The molecule has 0 aliphatic carbocycles. The SMILES string of the molecule is Fc1ccc(-c2nc(CC3CCCN3)cs2)cc1. The second-order valence-corrected chi connectivity index (χ2v) is 5.51. The highest BCUT2D eigenvalue weighted by molar-refractivity contribution is 7.13. The smallest absolute Gasteiger partial charge is 0.123 e. The molecule has 1 atom stereocenters. The maximum atomic E-state index is 12.9. The third kappa shape index (κ3) is 2.60. The zero-order valence-corrected chi connectivity index (χ0v) is 10.8. The minimum Gasteiger partial charge on any atom is -0.314 e. The maximum Gasteiger partial charge on any atom is 0.123 e. The molecule has 94 valence electrons. The van der Waals surface area contributed by atoms with E-state index < -0.39 is 0 Å². The average Bonchev–Trinajstić information content (AvgIpc) is 3.02. The van der Waals surface area contributed by atoms with Gasteiger partial charge in [0.25, 0.3) is 0 Å². The molecular weight excluding hydrogens is 247 g/mol.